The summed E-state index contributed by atoms with van der Waals surface area (Å²) in [5, 5.41) is 2.98. The molecule has 0 radical (unpaired) electrons. The SMILES string of the molecule is COCCNC(=O)[C@@H](C)OC(=O)Cn1cnc2ccccc2c1=O. The van der Waals surface area contributed by atoms with Gasteiger partial charge in [-0.05, 0) is 19.1 Å². The van der Waals surface area contributed by atoms with E-state index in [1.165, 1.54) is 20.4 Å². The highest BCUT2D eigenvalue weighted by Gasteiger charge is 2.18. The molecular formula is C16H19N3O5. The molecule has 2 rings (SSSR count). The summed E-state index contributed by atoms with van der Waals surface area (Å²) < 4.78 is 11.0. The van der Waals surface area contributed by atoms with Gasteiger partial charge in [-0.25, -0.2) is 4.98 Å². The van der Waals surface area contributed by atoms with Crippen molar-refractivity contribution in [2.45, 2.75) is 19.6 Å². The Balaban J connectivity index is 1.98. The maximum Gasteiger partial charge on any atom is 0.326 e. The van der Waals surface area contributed by atoms with Crippen LogP contribution in [0.4, 0.5) is 0 Å². The Labute approximate surface area is 138 Å². The van der Waals surface area contributed by atoms with Crippen LogP contribution < -0.4 is 10.9 Å². The minimum Gasteiger partial charge on any atom is -0.451 e. The summed E-state index contributed by atoms with van der Waals surface area (Å²) in [5.41, 5.74) is 0.216. The predicted octanol–water partition coefficient (Wildman–Crippen LogP) is 0.0908. The standard InChI is InChI=1S/C16H19N3O5/c1-11(15(21)17-7-8-23-2)24-14(20)9-19-10-18-13-6-4-3-5-12(13)16(19)22/h3-6,10-11H,7-9H2,1-2H3,(H,17,21)/t11-/m1/s1. The lowest BCUT2D eigenvalue weighted by molar-refractivity contribution is -0.155. The second-order valence-corrected chi connectivity index (χ2v) is 5.11. The zero-order valence-electron chi connectivity index (χ0n) is 13.5. The summed E-state index contributed by atoms with van der Waals surface area (Å²) >= 11 is 0. The molecule has 1 N–H and O–H groups in total. The number of nitrogens with one attached hydrogen (secondary N) is 1. The van der Waals surface area contributed by atoms with Crippen molar-refractivity contribution in [2.75, 3.05) is 20.3 Å². The minimum absolute atomic E-state index is 0.313. The normalized spacial score (nSPS) is 11.9. The molecule has 0 aliphatic rings. The number of benzene rings is 1. The molecule has 0 unspecified atom stereocenters. The average molecular weight is 333 g/mol. The number of methoxy groups -OCH3 is 1. The van der Waals surface area contributed by atoms with Crippen molar-refractivity contribution in [3.8, 4) is 0 Å². The summed E-state index contributed by atoms with van der Waals surface area (Å²) in [7, 11) is 1.52. The quantitative estimate of drug-likeness (QED) is 0.569. The van der Waals surface area contributed by atoms with Gasteiger partial charge in [-0.15, -0.1) is 0 Å². The summed E-state index contributed by atoms with van der Waals surface area (Å²) in [4.78, 5) is 40.1. The smallest absolute Gasteiger partial charge is 0.326 e. The van der Waals surface area contributed by atoms with Crippen LogP contribution in [-0.4, -0.2) is 47.8 Å². The molecule has 2 aromatic rings. The molecule has 8 heteroatoms. The maximum atomic E-state index is 12.3. The summed E-state index contributed by atoms with van der Waals surface area (Å²) in [6.07, 6.45) is 0.327. The number of carbonyl (C=O) groups excluding carboxylic acids is 2. The molecule has 1 amide bonds. The fraction of sp³-hybridized carbons (Fsp3) is 0.375. The number of aromatic nitrogens is 2. The second kappa shape index (κ2) is 8.21. The van der Waals surface area contributed by atoms with Gasteiger partial charge in [0.15, 0.2) is 6.10 Å². The molecule has 0 aliphatic carbocycles. The van der Waals surface area contributed by atoms with Crippen LogP contribution in [0.25, 0.3) is 10.9 Å². The molecule has 0 aliphatic heterocycles. The lowest BCUT2D eigenvalue weighted by Crippen LogP contribution is -2.38. The first-order valence-electron chi connectivity index (χ1n) is 7.43. The molecule has 128 valence electrons. The number of rotatable bonds is 7. The zero-order valence-corrected chi connectivity index (χ0v) is 13.5. The molecule has 1 aromatic heterocycles. The third-order valence-corrected chi connectivity index (χ3v) is 3.31. The van der Waals surface area contributed by atoms with Crippen molar-refractivity contribution in [1.82, 2.24) is 14.9 Å². The number of ether oxygens (including phenoxy) is 2. The number of carbonyl (C=O) groups is 2. The first-order chi connectivity index (χ1) is 11.5. The summed E-state index contributed by atoms with van der Waals surface area (Å²) in [5.74, 6) is -1.12. The third-order valence-electron chi connectivity index (χ3n) is 3.31. The van der Waals surface area contributed by atoms with E-state index in [1.54, 1.807) is 24.3 Å². The Kier molecular flexibility index (Phi) is 6.02. The molecular weight excluding hydrogens is 314 g/mol. The fourth-order valence-corrected chi connectivity index (χ4v) is 2.07. The number of amides is 1. The van der Waals surface area contributed by atoms with E-state index in [1.807, 2.05) is 0 Å². The first-order valence-corrected chi connectivity index (χ1v) is 7.43. The van der Waals surface area contributed by atoms with E-state index in [-0.39, 0.29) is 12.1 Å². The molecule has 0 spiro atoms. The molecule has 8 nitrogen and oxygen atoms in total. The molecule has 0 fully saturated rings. The number of fused-ring (bicyclic) bond motifs is 1. The van der Waals surface area contributed by atoms with Crippen LogP contribution in [0.15, 0.2) is 35.4 Å². The Bertz CT molecular complexity index is 787. The average Bonchev–Trinajstić information content (AvgIpc) is 2.57. The highest BCUT2D eigenvalue weighted by atomic mass is 16.5. The van der Waals surface area contributed by atoms with Gasteiger partial charge in [0.1, 0.15) is 6.54 Å². The Morgan fingerprint density at radius 2 is 2.08 bits per heavy atom. The van der Waals surface area contributed by atoms with Gasteiger partial charge < -0.3 is 14.8 Å². The van der Waals surface area contributed by atoms with E-state index < -0.39 is 18.0 Å². The van der Waals surface area contributed by atoms with Gasteiger partial charge in [0.2, 0.25) is 0 Å². The van der Waals surface area contributed by atoms with Gasteiger partial charge in [0.05, 0.1) is 23.8 Å². The first kappa shape index (κ1) is 17.6. The zero-order chi connectivity index (χ0) is 17.5. The van der Waals surface area contributed by atoms with Crippen LogP contribution in [0.1, 0.15) is 6.92 Å². The Morgan fingerprint density at radius 3 is 2.83 bits per heavy atom. The van der Waals surface area contributed by atoms with Crippen molar-refractivity contribution in [3.63, 3.8) is 0 Å². The highest BCUT2D eigenvalue weighted by molar-refractivity contribution is 5.83. The second-order valence-electron chi connectivity index (χ2n) is 5.11. The molecule has 0 saturated carbocycles. The van der Waals surface area contributed by atoms with E-state index in [2.05, 4.69) is 10.3 Å². The van der Waals surface area contributed by atoms with Gasteiger partial charge in [0, 0.05) is 13.7 Å². The summed E-state index contributed by atoms with van der Waals surface area (Å²) in [6.45, 7) is 1.84. The number of hydrogen-bond acceptors (Lipinski definition) is 6. The van der Waals surface area contributed by atoms with E-state index in [0.717, 1.165) is 4.57 Å². The number of hydrogen-bond donors (Lipinski definition) is 1. The van der Waals surface area contributed by atoms with Crippen LogP contribution >= 0.6 is 0 Å². The van der Waals surface area contributed by atoms with E-state index in [0.29, 0.717) is 24.1 Å². The third kappa shape index (κ3) is 4.39. The molecule has 1 atom stereocenters. The van der Waals surface area contributed by atoms with Crippen LogP contribution in [0.3, 0.4) is 0 Å². The summed E-state index contributed by atoms with van der Waals surface area (Å²) in [6, 6.07) is 6.85. The van der Waals surface area contributed by atoms with Gasteiger partial charge >= 0.3 is 5.97 Å². The lowest BCUT2D eigenvalue weighted by Gasteiger charge is -2.14. The Morgan fingerprint density at radius 1 is 1.33 bits per heavy atom. The van der Waals surface area contributed by atoms with Crippen LogP contribution in [-0.2, 0) is 25.6 Å². The van der Waals surface area contributed by atoms with Crippen molar-refractivity contribution in [1.29, 1.82) is 0 Å². The number of para-hydroxylation sites is 1. The van der Waals surface area contributed by atoms with Crippen molar-refractivity contribution >= 4 is 22.8 Å². The number of nitrogens with zero attached hydrogens (tertiary/aromatic N) is 2. The largest absolute Gasteiger partial charge is 0.451 e. The number of esters is 1. The van der Waals surface area contributed by atoms with E-state index >= 15 is 0 Å². The monoisotopic (exact) mass is 333 g/mol. The molecule has 24 heavy (non-hydrogen) atoms. The van der Waals surface area contributed by atoms with Gasteiger partial charge in [-0.3, -0.25) is 19.0 Å². The Hall–Kier alpha value is -2.74. The molecule has 1 heterocycles. The highest BCUT2D eigenvalue weighted by Crippen LogP contribution is 2.04. The maximum absolute atomic E-state index is 12.3. The van der Waals surface area contributed by atoms with E-state index in [4.69, 9.17) is 9.47 Å². The molecule has 0 bridgehead atoms. The van der Waals surface area contributed by atoms with Crippen LogP contribution in [0, 0.1) is 0 Å². The predicted molar refractivity (Wildman–Crippen MR) is 86.4 cm³/mol. The van der Waals surface area contributed by atoms with Crippen LogP contribution in [0.5, 0.6) is 0 Å². The van der Waals surface area contributed by atoms with Crippen molar-refractivity contribution in [2.24, 2.45) is 0 Å². The lowest BCUT2D eigenvalue weighted by atomic mass is 10.2. The van der Waals surface area contributed by atoms with E-state index in [9.17, 15) is 14.4 Å². The van der Waals surface area contributed by atoms with Crippen molar-refractivity contribution in [3.05, 3.63) is 40.9 Å². The van der Waals surface area contributed by atoms with Gasteiger partial charge in [-0.1, -0.05) is 12.1 Å². The van der Waals surface area contributed by atoms with Crippen LogP contribution in [0.2, 0.25) is 0 Å². The molecule has 1 aromatic carbocycles. The van der Waals surface area contributed by atoms with Crippen molar-refractivity contribution < 1.29 is 19.1 Å². The molecule has 0 saturated heterocycles. The fourth-order valence-electron chi connectivity index (χ4n) is 2.07. The van der Waals surface area contributed by atoms with Gasteiger partial charge in [-0.2, -0.15) is 0 Å². The van der Waals surface area contributed by atoms with Gasteiger partial charge in [0.25, 0.3) is 11.5 Å². The topological polar surface area (TPSA) is 99.5 Å². The minimum atomic E-state index is -0.960.